The van der Waals surface area contributed by atoms with Gasteiger partial charge in [0.15, 0.2) is 0 Å². The zero-order valence-electron chi connectivity index (χ0n) is 14.4. The molecule has 0 aliphatic rings. The molecule has 0 fully saturated rings. The van der Waals surface area contributed by atoms with E-state index in [1.165, 1.54) is 6.07 Å². The summed E-state index contributed by atoms with van der Waals surface area (Å²) >= 11 is 7.22. The third-order valence-electron chi connectivity index (χ3n) is 3.92. The van der Waals surface area contributed by atoms with Crippen LogP contribution in [0.1, 0.15) is 19.4 Å². The van der Waals surface area contributed by atoms with Crippen LogP contribution in [0, 0.1) is 5.92 Å². The van der Waals surface area contributed by atoms with Gasteiger partial charge in [0.05, 0.1) is 21.7 Å². The van der Waals surface area contributed by atoms with Crippen LogP contribution in [0.15, 0.2) is 52.2 Å². The van der Waals surface area contributed by atoms with Gasteiger partial charge >= 0.3 is 4.87 Å². The van der Waals surface area contributed by atoms with Crippen molar-refractivity contribution in [3.8, 4) is 0 Å². The molecule has 0 atom stereocenters. The normalized spacial score (nSPS) is 12.2. The lowest BCUT2D eigenvalue weighted by Gasteiger charge is -2.09. The molecule has 0 radical (unpaired) electrons. The lowest BCUT2D eigenvalue weighted by atomic mass is 10.2. The van der Waals surface area contributed by atoms with E-state index in [1.54, 1.807) is 22.8 Å². The maximum atomic E-state index is 12.4. The molecule has 0 saturated carbocycles. The molecule has 1 N–H and O–H groups in total. The summed E-state index contributed by atoms with van der Waals surface area (Å²) in [4.78, 5) is 12.4. The molecule has 3 aromatic rings. The van der Waals surface area contributed by atoms with Gasteiger partial charge in [0.2, 0.25) is 10.0 Å². The first-order chi connectivity index (χ1) is 12.3. The van der Waals surface area contributed by atoms with E-state index < -0.39 is 10.0 Å². The summed E-state index contributed by atoms with van der Waals surface area (Å²) in [5.41, 5.74) is 1.54. The SMILES string of the molecule is CC(C)CNS(=O)(=O)c1ccc2c(c1)sc(=O)n2Cc1ccccc1Cl. The number of nitrogens with one attached hydrogen (secondary N) is 1. The Balaban J connectivity index is 1.98. The van der Waals surface area contributed by atoms with Crippen molar-refractivity contribution in [3.63, 3.8) is 0 Å². The fourth-order valence-corrected chi connectivity index (χ4v) is 4.96. The fourth-order valence-electron chi connectivity index (χ4n) is 2.52. The Hall–Kier alpha value is -1.67. The van der Waals surface area contributed by atoms with Gasteiger partial charge in [0.1, 0.15) is 0 Å². The first kappa shape index (κ1) is 19.1. The van der Waals surface area contributed by atoms with Crippen molar-refractivity contribution < 1.29 is 8.42 Å². The predicted octanol–water partition coefficient (Wildman–Crippen LogP) is 3.70. The van der Waals surface area contributed by atoms with Crippen LogP contribution >= 0.6 is 22.9 Å². The Morgan fingerprint density at radius 2 is 1.92 bits per heavy atom. The van der Waals surface area contributed by atoms with Crippen LogP contribution < -0.4 is 9.60 Å². The molecule has 0 bridgehead atoms. The van der Waals surface area contributed by atoms with E-state index in [0.717, 1.165) is 16.9 Å². The van der Waals surface area contributed by atoms with Crippen molar-refractivity contribution in [2.75, 3.05) is 6.54 Å². The second-order valence-electron chi connectivity index (χ2n) is 6.42. The van der Waals surface area contributed by atoms with Crippen molar-refractivity contribution >= 4 is 43.2 Å². The largest absolute Gasteiger partial charge is 0.308 e. The number of thiazole rings is 1. The third kappa shape index (κ3) is 4.01. The highest BCUT2D eigenvalue weighted by molar-refractivity contribution is 7.89. The van der Waals surface area contributed by atoms with Crippen LogP contribution in [0.25, 0.3) is 10.2 Å². The van der Waals surface area contributed by atoms with Gasteiger partial charge in [0.25, 0.3) is 0 Å². The molecule has 2 aromatic carbocycles. The van der Waals surface area contributed by atoms with Gasteiger partial charge in [-0.1, -0.05) is 55.0 Å². The number of fused-ring (bicyclic) bond motifs is 1. The fraction of sp³-hybridized carbons (Fsp3) is 0.278. The quantitative estimate of drug-likeness (QED) is 0.673. The summed E-state index contributed by atoms with van der Waals surface area (Å²) in [5.74, 6) is 0.210. The molecule has 3 rings (SSSR count). The Morgan fingerprint density at radius 1 is 1.19 bits per heavy atom. The van der Waals surface area contributed by atoms with Gasteiger partial charge in [0, 0.05) is 11.6 Å². The highest BCUT2D eigenvalue weighted by Crippen LogP contribution is 2.24. The summed E-state index contributed by atoms with van der Waals surface area (Å²) in [6, 6.07) is 12.1. The molecular weight excluding hydrogens is 392 g/mol. The second kappa shape index (κ2) is 7.52. The summed E-state index contributed by atoms with van der Waals surface area (Å²) in [5, 5.41) is 0.593. The number of sulfonamides is 1. The lowest BCUT2D eigenvalue weighted by Crippen LogP contribution is -2.27. The Morgan fingerprint density at radius 3 is 2.62 bits per heavy atom. The standard InChI is InChI=1S/C18H19ClN2O3S2/c1-12(2)10-20-26(23,24)14-7-8-16-17(9-14)25-18(22)21(16)11-13-5-3-4-6-15(13)19/h3-9,12,20H,10-11H2,1-2H3. The van der Waals surface area contributed by atoms with Crippen molar-refractivity contribution in [1.29, 1.82) is 0 Å². The molecule has 5 nitrogen and oxygen atoms in total. The molecule has 0 amide bonds. The van der Waals surface area contributed by atoms with Crippen LogP contribution in [0.3, 0.4) is 0 Å². The van der Waals surface area contributed by atoms with Crippen LogP contribution in [0.2, 0.25) is 5.02 Å². The summed E-state index contributed by atoms with van der Waals surface area (Å²) in [6.07, 6.45) is 0. The van der Waals surface area contributed by atoms with Crippen molar-refractivity contribution in [2.24, 2.45) is 5.92 Å². The average molecular weight is 411 g/mol. The highest BCUT2D eigenvalue weighted by Gasteiger charge is 2.17. The van der Waals surface area contributed by atoms with Gasteiger partial charge in [-0.05, 0) is 35.7 Å². The highest BCUT2D eigenvalue weighted by atomic mass is 35.5. The molecule has 1 aromatic heterocycles. The Labute approximate surface area is 161 Å². The van der Waals surface area contributed by atoms with E-state index in [1.807, 2.05) is 32.0 Å². The van der Waals surface area contributed by atoms with Crippen LogP contribution in [0.5, 0.6) is 0 Å². The molecule has 26 heavy (non-hydrogen) atoms. The molecule has 0 saturated heterocycles. The van der Waals surface area contributed by atoms with Crippen LogP contribution in [-0.4, -0.2) is 19.5 Å². The smallest absolute Gasteiger partial charge is 0.294 e. The molecule has 0 aliphatic carbocycles. The first-order valence-electron chi connectivity index (χ1n) is 8.14. The minimum absolute atomic E-state index is 0.149. The average Bonchev–Trinajstić information content (AvgIpc) is 2.90. The van der Waals surface area contributed by atoms with Gasteiger partial charge < -0.3 is 0 Å². The van der Waals surface area contributed by atoms with Gasteiger partial charge in [-0.3, -0.25) is 9.36 Å². The maximum absolute atomic E-state index is 12.4. The zero-order valence-corrected chi connectivity index (χ0v) is 16.8. The number of hydrogen-bond donors (Lipinski definition) is 1. The topological polar surface area (TPSA) is 68.2 Å². The predicted molar refractivity (Wildman–Crippen MR) is 107 cm³/mol. The summed E-state index contributed by atoms with van der Waals surface area (Å²) in [6.45, 7) is 4.58. The number of hydrogen-bond acceptors (Lipinski definition) is 4. The van der Waals surface area contributed by atoms with Crippen molar-refractivity contribution in [3.05, 3.63) is 62.7 Å². The van der Waals surface area contributed by atoms with E-state index in [9.17, 15) is 13.2 Å². The van der Waals surface area contributed by atoms with Crippen molar-refractivity contribution in [2.45, 2.75) is 25.3 Å². The number of rotatable bonds is 6. The van der Waals surface area contributed by atoms with Gasteiger partial charge in [-0.15, -0.1) is 0 Å². The molecule has 0 unspecified atom stereocenters. The minimum Gasteiger partial charge on any atom is -0.294 e. The van der Waals surface area contributed by atoms with E-state index in [2.05, 4.69) is 4.72 Å². The second-order valence-corrected chi connectivity index (χ2v) is 9.59. The van der Waals surface area contributed by atoms with E-state index in [4.69, 9.17) is 11.6 Å². The van der Waals surface area contributed by atoms with Crippen LogP contribution in [-0.2, 0) is 16.6 Å². The monoisotopic (exact) mass is 410 g/mol. The molecule has 8 heteroatoms. The van der Waals surface area contributed by atoms with E-state index >= 15 is 0 Å². The van der Waals surface area contributed by atoms with Gasteiger partial charge in [-0.25, -0.2) is 13.1 Å². The number of benzene rings is 2. The zero-order chi connectivity index (χ0) is 18.9. The molecule has 0 spiro atoms. The first-order valence-corrected chi connectivity index (χ1v) is 10.8. The van der Waals surface area contributed by atoms with E-state index in [-0.39, 0.29) is 15.7 Å². The molecule has 0 aliphatic heterocycles. The third-order valence-corrected chi connectivity index (χ3v) is 6.65. The van der Waals surface area contributed by atoms with Crippen molar-refractivity contribution in [1.82, 2.24) is 9.29 Å². The number of halogens is 1. The summed E-state index contributed by atoms with van der Waals surface area (Å²) in [7, 11) is -3.59. The molecule has 1 heterocycles. The maximum Gasteiger partial charge on any atom is 0.308 e. The number of nitrogens with zero attached hydrogens (tertiary/aromatic N) is 1. The minimum atomic E-state index is -3.59. The number of aromatic nitrogens is 1. The lowest BCUT2D eigenvalue weighted by molar-refractivity contribution is 0.560. The molecular formula is C18H19ClN2O3S2. The van der Waals surface area contributed by atoms with E-state index in [0.29, 0.717) is 28.3 Å². The Kier molecular flexibility index (Phi) is 5.53. The Bertz CT molecular complexity index is 1100. The summed E-state index contributed by atoms with van der Waals surface area (Å²) < 4.78 is 29.6. The molecule has 138 valence electrons. The van der Waals surface area contributed by atoms with Crippen LogP contribution in [0.4, 0.5) is 0 Å². The van der Waals surface area contributed by atoms with Gasteiger partial charge in [-0.2, -0.15) is 0 Å².